The lowest BCUT2D eigenvalue weighted by Crippen LogP contribution is -2.45. The number of aliphatic hydroxyl groups is 1. The molecule has 1 aliphatic rings. The summed E-state index contributed by atoms with van der Waals surface area (Å²) in [4.78, 5) is 20.1. The lowest BCUT2D eigenvalue weighted by atomic mass is 9.92. The molecule has 31 heavy (non-hydrogen) atoms. The number of carbonyl (C=O) groups is 1. The third kappa shape index (κ3) is 4.14. The first-order valence-corrected chi connectivity index (χ1v) is 10.9. The number of hydrogen-bond acceptors (Lipinski definition) is 5. The van der Waals surface area contributed by atoms with E-state index in [1.54, 1.807) is 20.0 Å². The molecule has 1 aliphatic heterocycles. The van der Waals surface area contributed by atoms with Gasteiger partial charge in [0.25, 0.3) is 5.91 Å². The second-order valence-corrected chi connectivity index (χ2v) is 8.82. The number of rotatable bonds is 5. The number of benzene rings is 1. The molecule has 2 atom stereocenters. The topological polar surface area (TPSA) is 84.4 Å². The van der Waals surface area contributed by atoms with E-state index in [0.717, 1.165) is 30.6 Å². The molecule has 0 saturated carbocycles. The first-order valence-electron chi connectivity index (χ1n) is 10.9. The second-order valence-electron chi connectivity index (χ2n) is 8.82. The van der Waals surface area contributed by atoms with E-state index in [-0.39, 0.29) is 17.9 Å². The highest BCUT2D eigenvalue weighted by molar-refractivity contribution is 5.98. The van der Waals surface area contributed by atoms with Crippen molar-refractivity contribution in [3.05, 3.63) is 65.6 Å². The Morgan fingerprint density at radius 1 is 1.26 bits per heavy atom. The summed E-state index contributed by atoms with van der Waals surface area (Å²) in [5, 5.41) is 14.7. The molecule has 1 N–H and O–H groups in total. The lowest BCUT2D eigenvalue weighted by Gasteiger charge is -2.37. The van der Waals surface area contributed by atoms with Gasteiger partial charge in [0.15, 0.2) is 5.89 Å². The first-order chi connectivity index (χ1) is 14.8. The highest BCUT2D eigenvalue weighted by atomic mass is 16.3. The minimum Gasteiger partial charge on any atom is -0.448 e. The van der Waals surface area contributed by atoms with Gasteiger partial charge in [-0.15, -0.1) is 0 Å². The number of aryl methyl sites for hydroxylation is 1. The minimum absolute atomic E-state index is 0.000631. The quantitative estimate of drug-likeness (QED) is 0.670. The molecule has 1 amide bonds. The summed E-state index contributed by atoms with van der Waals surface area (Å²) in [5.74, 6) is 0.564. The molecule has 1 fully saturated rings. The number of hydrogen-bond donors (Lipinski definition) is 1. The highest BCUT2D eigenvalue weighted by Gasteiger charge is 2.34. The molecule has 7 heteroatoms. The van der Waals surface area contributed by atoms with Gasteiger partial charge in [0.05, 0.1) is 17.2 Å². The van der Waals surface area contributed by atoms with Crippen LogP contribution < -0.4 is 0 Å². The zero-order chi connectivity index (χ0) is 22.2. The fourth-order valence-corrected chi connectivity index (χ4v) is 4.16. The van der Waals surface area contributed by atoms with Crippen LogP contribution in [0.3, 0.4) is 0 Å². The van der Waals surface area contributed by atoms with E-state index in [4.69, 9.17) is 4.42 Å². The van der Waals surface area contributed by atoms with Crippen LogP contribution in [0.2, 0.25) is 0 Å². The van der Waals surface area contributed by atoms with Gasteiger partial charge in [-0.2, -0.15) is 5.10 Å². The maximum atomic E-state index is 13.7. The van der Waals surface area contributed by atoms with Crippen LogP contribution in [0.5, 0.6) is 0 Å². The smallest absolute Gasteiger partial charge is 0.256 e. The SMILES string of the molecule is CCc1ccnn1-c1ccccc1C(=O)N1CC(c2nc(C(C)(C)O)co2)CCC1C. The summed E-state index contributed by atoms with van der Waals surface area (Å²) < 4.78 is 7.54. The van der Waals surface area contributed by atoms with Gasteiger partial charge in [0, 0.05) is 24.5 Å². The summed E-state index contributed by atoms with van der Waals surface area (Å²) in [6, 6.07) is 9.72. The molecule has 0 spiro atoms. The first kappa shape index (κ1) is 21.3. The van der Waals surface area contributed by atoms with E-state index in [1.165, 1.54) is 6.26 Å². The van der Waals surface area contributed by atoms with Crippen molar-refractivity contribution >= 4 is 5.91 Å². The molecule has 3 aromatic rings. The average molecular weight is 423 g/mol. The van der Waals surface area contributed by atoms with E-state index in [9.17, 15) is 9.90 Å². The van der Waals surface area contributed by atoms with Crippen LogP contribution in [-0.2, 0) is 12.0 Å². The number of oxazole rings is 1. The van der Waals surface area contributed by atoms with Gasteiger partial charge >= 0.3 is 0 Å². The lowest BCUT2D eigenvalue weighted by molar-refractivity contribution is 0.0594. The van der Waals surface area contributed by atoms with E-state index in [2.05, 4.69) is 23.9 Å². The standard InChI is InChI=1S/C24H30N4O3/c1-5-18-12-13-25-28(18)20-9-7-6-8-19(20)23(29)27-14-17(11-10-16(27)2)22-26-21(15-31-22)24(3,4)30/h6-9,12-13,15-17,30H,5,10-11,14H2,1-4H3. The number of aromatic nitrogens is 3. The monoisotopic (exact) mass is 422 g/mol. The Morgan fingerprint density at radius 3 is 2.74 bits per heavy atom. The molecule has 2 unspecified atom stereocenters. The van der Waals surface area contributed by atoms with Crippen molar-refractivity contribution in [2.24, 2.45) is 0 Å². The van der Waals surface area contributed by atoms with Gasteiger partial charge in [-0.05, 0) is 58.2 Å². The van der Waals surface area contributed by atoms with Gasteiger partial charge in [-0.25, -0.2) is 9.67 Å². The molecule has 1 saturated heterocycles. The molecular formula is C24H30N4O3. The molecule has 164 valence electrons. The summed E-state index contributed by atoms with van der Waals surface area (Å²) in [6.07, 6.45) is 5.86. The maximum absolute atomic E-state index is 13.7. The van der Waals surface area contributed by atoms with E-state index < -0.39 is 5.60 Å². The van der Waals surface area contributed by atoms with Crippen LogP contribution >= 0.6 is 0 Å². The Balaban J connectivity index is 1.62. The zero-order valence-corrected chi connectivity index (χ0v) is 18.6. The second kappa shape index (κ2) is 8.30. The number of carbonyl (C=O) groups excluding carboxylic acids is 1. The molecule has 1 aromatic carbocycles. The number of likely N-dealkylation sites (tertiary alicyclic amines) is 1. The van der Waals surface area contributed by atoms with Gasteiger partial charge < -0.3 is 14.4 Å². The van der Waals surface area contributed by atoms with Crippen molar-refractivity contribution in [3.8, 4) is 5.69 Å². The number of piperidine rings is 1. The number of amides is 1. The summed E-state index contributed by atoms with van der Waals surface area (Å²) >= 11 is 0. The molecule has 0 radical (unpaired) electrons. The minimum atomic E-state index is -1.06. The van der Waals surface area contributed by atoms with Crippen molar-refractivity contribution in [1.29, 1.82) is 0 Å². The number of para-hydroxylation sites is 1. The fraction of sp³-hybridized carbons (Fsp3) is 0.458. The number of nitrogens with zero attached hydrogens (tertiary/aromatic N) is 4. The van der Waals surface area contributed by atoms with Crippen molar-refractivity contribution in [2.75, 3.05) is 6.54 Å². The third-order valence-corrected chi connectivity index (χ3v) is 6.09. The van der Waals surface area contributed by atoms with Gasteiger partial charge in [0.2, 0.25) is 0 Å². The van der Waals surface area contributed by atoms with Gasteiger partial charge in [0.1, 0.15) is 17.6 Å². The van der Waals surface area contributed by atoms with Crippen molar-refractivity contribution in [3.63, 3.8) is 0 Å². The predicted molar refractivity (Wildman–Crippen MR) is 117 cm³/mol. The molecule has 7 nitrogen and oxygen atoms in total. The van der Waals surface area contributed by atoms with Crippen LogP contribution in [0.15, 0.2) is 47.2 Å². The summed E-state index contributed by atoms with van der Waals surface area (Å²) in [6.45, 7) is 8.06. The van der Waals surface area contributed by atoms with Crippen molar-refractivity contribution < 1.29 is 14.3 Å². The molecule has 0 aliphatic carbocycles. The van der Waals surface area contributed by atoms with E-state index >= 15 is 0 Å². The van der Waals surface area contributed by atoms with Crippen LogP contribution in [-0.4, -0.2) is 43.3 Å². The summed E-state index contributed by atoms with van der Waals surface area (Å²) in [5.41, 5.74) is 1.94. The molecule has 3 heterocycles. The van der Waals surface area contributed by atoms with Crippen LogP contribution in [0.4, 0.5) is 0 Å². The average Bonchev–Trinajstić information content (AvgIpc) is 3.43. The van der Waals surface area contributed by atoms with Crippen LogP contribution in [0, 0.1) is 0 Å². The summed E-state index contributed by atoms with van der Waals surface area (Å²) in [7, 11) is 0. The Kier molecular flexibility index (Phi) is 5.71. The van der Waals surface area contributed by atoms with Crippen molar-refractivity contribution in [2.45, 2.75) is 64.5 Å². The third-order valence-electron chi connectivity index (χ3n) is 6.09. The van der Waals surface area contributed by atoms with Crippen LogP contribution in [0.1, 0.15) is 74.1 Å². The molecular weight excluding hydrogens is 392 g/mol. The van der Waals surface area contributed by atoms with E-state index in [0.29, 0.717) is 23.7 Å². The Hall–Kier alpha value is -2.93. The van der Waals surface area contributed by atoms with Crippen molar-refractivity contribution in [1.82, 2.24) is 19.7 Å². The van der Waals surface area contributed by atoms with E-state index in [1.807, 2.05) is 39.9 Å². The molecule has 0 bridgehead atoms. The van der Waals surface area contributed by atoms with Gasteiger partial charge in [-0.1, -0.05) is 19.1 Å². The Morgan fingerprint density at radius 2 is 2.03 bits per heavy atom. The predicted octanol–water partition coefficient (Wildman–Crippen LogP) is 4.06. The highest BCUT2D eigenvalue weighted by Crippen LogP contribution is 2.32. The fourth-order valence-electron chi connectivity index (χ4n) is 4.16. The normalized spacial score (nSPS) is 19.6. The largest absolute Gasteiger partial charge is 0.448 e. The Labute approximate surface area is 182 Å². The maximum Gasteiger partial charge on any atom is 0.256 e. The molecule has 4 rings (SSSR count). The Bertz CT molecular complexity index is 1060. The van der Waals surface area contributed by atoms with Crippen LogP contribution in [0.25, 0.3) is 5.69 Å². The zero-order valence-electron chi connectivity index (χ0n) is 18.6. The van der Waals surface area contributed by atoms with Gasteiger partial charge in [-0.3, -0.25) is 4.79 Å². The molecule has 2 aromatic heterocycles.